The minimum absolute atomic E-state index is 0.0411. The molecule has 0 spiro atoms. The van der Waals surface area contributed by atoms with E-state index < -0.39 is 5.51 Å². The van der Waals surface area contributed by atoms with E-state index in [1.54, 1.807) is 6.92 Å². The molecule has 1 atom stereocenters. The molecule has 18 heavy (non-hydrogen) atoms. The molecule has 2 N–H and O–H groups in total. The molecule has 106 valence electrons. The molecule has 1 saturated heterocycles. The Bertz CT molecular complexity index is 270. The van der Waals surface area contributed by atoms with Gasteiger partial charge in [0.15, 0.2) is 0 Å². The number of thioether (sulfide) groups is 1. The van der Waals surface area contributed by atoms with Crippen molar-refractivity contribution in [1.82, 2.24) is 15.5 Å². The quantitative estimate of drug-likeness (QED) is 0.728. The molecule has 0 aliphatic carbocycles. The lowest BCUT2D eigenvalue weighted by atomic mass is 10.2. The van der Waals surface area contributed by atoms with E-state index in [2.05, 4.69) is 10.6 Å². The van der Waals surface area contributed by atoms with Gasteiger partial charge in [0, 0.05) is 38.5 Å². The highest BCUT2D eigenvalue weighted by atomic mass is 32.2. The van der Waals surface area contributed by atoms with E-state index in [9.17, 15) is 18.0 Å². The molecule has 1 aliphatic heterocycles. The lowest BCUT2D eigenvalue weighted by Crippen LogP contribution is -2.52. The maximum atomic E-state index is 11.9. The van der Waals surface area contributed by atoms with Gasteiger partial charge in [-0.25, -0.2) is 0 Å². The summed E-state index contributed by atoms with van der Waals surface area (Å²) in [5.74, 6) is -0.358. The number of hydrogen-bond acceptors (Lipinski definition) is 4. The molecule has 1 heterocycles. The Kier molecular flexibility index (Phi) is 6.24. The average Bonchev–Trinajstić information content (AvgIpc) is 2.33. The zero-order valence-corrected chi connectivity index (χ0v) is 11.0. The third kappa shape index (κ3) is 5.92. The molecule has 4 nitrogen and oxygen atoms in total. The number of alkyl halides is 3. The van der Waals surface area contributed by atoms with E-state index >= 15 is 0 Å². The van der Waals surface area contributed by atoms with E-state index in [0.29, 0.717) is 0 Å². The van der Waals surface area contributed by atoms with Crippen LogP contribution in [0.4, 0.5) is 13.2 Å². The van der Waals surface area contributed by atoms with Gasteiger partial charge in [-0.1, -0.05) is 0 Å². The van der Waals surface area contributed by atoms with Gasteiger partial charge in [-0.15, -0.1) is 0 Å². The van der Waals surface area contributed by atoms with Crippen molar-refractivity contribution in [3.63, 3.8) is 0 Å². The first-order chi connectivity index (χ1) is 8.40. The van der Waals surface area contributed by atoms with Crippen molar-refractivity contribution in [1.29, 1.82) is 0 Å². The first-order valence-electron chi connectivity index (χ1n) is 5.83. The third-order valence-electron chi connectivity index (χ3n) is 2.75. The molecular formula is C10H18F3N3OS. The number of nitrogens with one attached hydrogen (secondary N) is 2. The van der Waals surface area contributed by atoms with Gasteiger partial charge < -0.3 is 10.6 Å². The van der Waals surface area contributed by atoms with Gasteiger partial charge in [0.05, 0.1) is 6.04 Å². The lowest BCUT2D eigenvalue weighted by Gasteiger charge is -2.31. The zero-order valence-electron chi connectivity index (χ0n) is 10.2. The van der Waals surface area contributed by atoms with E-state index in [1.165, 1.54) is 0 Å². The summed E-state index contributed by atoms with van der Waals surface area (Å²) in [7, 11) is 0. The first-order valence-corrected chi connectivity index (χ1v) is 6.82. The molecule has 0 aromatic carbocycles. The number of carbonyl (C=O) groups excluding carboxylic acids is 1. The number of piperazine rings is 1. The highest BCUT2D eigenvalue weighted by molar-refractivity contribution is 8.00. The fraction of sp³-hybridized carbons (Fsp3) is 0.900. The Hall–Kier alpha value is -0.470. The van der Waals surface area contributed by atoms with E-state index in [1.807, 2.05) is 4.90 Å². The average molecular weight is 285 g/mol. The number of rotatable bonds is 5. The molecule has 0 bridgehead atoms. The number of amides is 1. The van der Waals surface area contributed by atoms with Crippen LogP contribution in [-0.2, 0) is 4.79 Å². The second kappa shape index (κ2) is 7.20. The lowest BCUT2D eigenvalue weighted by molar-refractivity contribution is -0.126. The van der Waals surface area contributed by atoms with Crippen molar-refractivity contribution in [3.05, 3.63) is 0 Å². The van der Waals surface area contributed by atoms with Crippen LogP contribution in [0.2, 0.25) is 0 Å². The Morgan fingerprint density at radius 1 is 1.44 bits per heavy atom. The largest absolute Gasteiger partial charge is 0.441 e. The van der Waals surface area contributed by atoms with Gasteiger partial charge in [0.1, 0.15) is 0 Å². The maximum absolute atomic E-state index is 11.9. The number of halogens is 3. The summed E-state index contributed by atoms with van der Waals surface area (Å²) in [6, 6.07) is -0.289. The van der Waals surface area contributed by atoms with Crippen LogP contribution in [0.1, 0.15) is 6.92 Å². The van der Waals surface area contributed by atoms with E-state index in [4.69, 9.17) is 0 Å². The van der Waals surface area contributed by atoms with Gasteiger partial charge in [0.25, 0.3) is 0 Å². The summed E-state index contributed by atoms with van der Waals surface area (Å²) in [5.41, 5.74) is -4.23. The molecule has 0 aromatic heterocycles. The van der Waals surface area contributed by atoms with Crippen molar-refractivity contribution in [2.45, 2.75) is 18.5 Å². The minimum Gasteiger partial charge on any atom is -0.354 e. The fourth-order valence-corrected chi connectivity index (χ4v) is 2.16. The van der Waals surface area contributed by atoms with Gasteiger partial charge in [-0.05, 0) is 18.7 Å². The second-order valence-corrected chi connectivity index (χ2v) is 5.21. The van der Waals surface area contributed by atoms with Crippen LogP contribution >= 0.6 is 11.8 Å². The molecule has 1 rings (SSSR count). The summed E-state index contributed by atoms with van der Waals surface area (Å²) in [4.78, 5) is 13.7. The molecule has 8 heteroatoms. The van der Waals surface area contributed by atoms with Crippen molar-refractivity contribution >= 4 is 17.7 Å². The smallest absolute Gasteiger partial charge is 0.354 e. The SMILES string of the molecule is CC(C(=O)NCCSC(F)(F)F)N1CCNCC1. The van der Waals surface area contributed by atoms with E-state index in [-0.39, 0.29) is 36.0 Å². The van der Waals surface area contributed by atoms with Crippen LogP contribution in [0.25, 0.3) is 0 Å². The first kappa shape index (κ1) is 15.6. The van der Waals surface area contributed by atoms with Gasteiger partial charge in [-0.3, -0.25) is 9.69 Å². The molecular weight excluding hydrogens is 267 g/mol. The highest BCUT2D eigenvalue weighted by Gasteiger charge is 2.28. The molecule has 1 fully saturated rings. The number of hydrogen-bond donors (Lipinski definition) is 2. The van der Waals surface area contributed by atoms with Crippen LogP contribution in [0.5, 0.6) is 0 Å². The van der Waals surface area contributed by atoms with Crippen LogP contribution in [-0.4, -0.2) is 60.8 Å². The standard InChI is InChI=1S/C10H18F3N3OS/c1-8(16-5-2-14-3-6-16)9(17)15-4-7-18-10(11,12)13/h8,14H,2-7H2,1H3,(H,15,17). The Balaban J connectivity index is 2.19. The number of carbonyl (C=O) groups is 1. The van der Waals surface area contributed by atoms with Crippen LogP contribution in [0.3, 0.4) is 0 Å². The van der Waals surface area contributed by atoms with Crippen LogP contribution in [0, 0.1) is 0 Å². The van der Waals surface area contributed by atoms with Gasteiger partial charge in [-0.2, -0.15) is 13.2 Å². The maximum Gasteiger partial charge on any atom is 0.441 e. The Morgan fingerprint density at radius 2 is 2.06 bits per heavy atom. The van der Waals surface area contributed by atoms with Crippen molar-refractivity contribution in [2.75, 3.05) is 38.5 Å². The molecule has 1 amide bonds. The molecule has 0 aromatic rings. The van der Waals surface area contributed by atoms with Gasteiger partial charge in [0.2, 0.25) is 5.91 Å². The Morgan fingerprint density at radius 3 is 2.61 bits per heavy atom. The monoisotopic (exact) mass is 285 g/mol. The van der Waals surface area contributed by atoms with Crippen molar-refractivity contribution < 1.29 is 18.0 Å². The summed E-state index contributed by atoms with van der Waals surface area (Å²) < 4.78 is 35.6. The molecule has 0 radical (unpaired) electrons. The summed E-state index contributed by atoms with van der Waals surface area (Å²) in [6.45, 7) is 5.05. The third-order valence-corrected chi connectivity index (χ3v) is 3.48. The van der Waals surface area contributed by atoms with Crippen molar-refractivity contribution in [3.8, 4) is 0 Å². The van der Waals surface area contributed by atoms with Crippen LogP contribution in [0.15, 0.2) is 0 Å². The highest BCUT2D eigenvalue weighted by Crippen LogP contribution is 2.29. The van der Waals surface area contributed by atoms with Crippen LogP contribution < -0.4 is 10.6 Å². The van der Waals surface area contributed by atoms with Gasteiger partial charge >= 0.3 is 5.51 Å². The molecule has 1 aliphatic rings. The zero-order chi connectivity index (χ0) is 13.6. The summed E-state index contributed by atoms with van der Waals surface area (Å²) >= 11 is -0.115. The topological polar surface area (TPSA) is 44.4 Å². The molecule has 0 saturated carbocycles. The Labute approximate surface area is 109 Å². The predicted octanol–water partition coefficient (Wildman–Crippen LogP) is 0.649. The fourth-order valence-electron chi connectivity index (χ4n) is 1.72. The normalized spacial score (nSPS) is 19.6. The van der Waals surface area contributed by atoms with Crippen molar-refractivity contribution in [2.24, 2.45) is 0 Å². The summed E-state index contributed by atoms with van der Waals surface area (Å²) in [6.07, 6.45) is 0. The number of nitrogens with zero attached hydrogens (tertiary/aromatic N) is 1. The second-order valence-electron chi connectivity index (χ2n) is 4.05. The molecule has 1 unspecified atom stereocenters. The minimum atomic E-state index is -4.23. The van der Waals surface area contributed by atoms with E-state index in [0.717, 1.165) is 26.2 Å². The predicted molar refractivity (Wildman–Crippen MR) is 65.4 cm³/mol. The summed E-state index contributed by atoms with van der Waals surface area (Å²) in [5, 5.41) is 5.71.